The number of rotatable bonds is 4. The first kappa shape index (κ1) is 11.6. The van der Waals surface area contributed by atoms with Gasteiger partial charge in [-0.2, -0.15) is 0 Å². The molecule has 1 heterocycles. The number of hydrogen-bond acceptors (Lipinski definition) is 3. The summed E-state index contributed by atoms with van der Waals surface area (Å²) >= 11 is 12.7. The van der Waals surface area contributed by atoms with Crippen LogP contribution in [-0.4, -0.2) is 12.4 Å². The van der Waals surface area contributed by atoms with Gasteiger partial charge in [-0.25, -0.2) is 0 Å². The smallest absolute Gasteiger partial charge is 0.191 e. The quantitative estimate of drug-likeness (QED) is 0.462. The Morgan fingerprint density at radius 3 is 2.86 bits per heavy atom. The van der Waals surface area contributed by atoms with Crippen molar-refractivity contribution in [1.29, 1.82) is 0 Å². The van der Waals surface area contributed by atoms with Gasteiger partial charge in [-0.3, -0.25) is 4.79 Å². The van der Waals surface area contributed by atoms with E-state index in [1.165, 1.54) is 23.7 Å². The molecule has 0 aliphatic heterocycles. The first-order valence-corrected chi connectivity index (χ1v) is 5.49. The lowest BCUT2D eigenvalue weighted by atomic mass is 10.2. The topological polar surface area (TPSA) is 26.3 Å². The SMILES string of the molecule is CCO/C=C/C(=O)c1cc(Cl)sc1Cl. The molecule has 1 rings (SSSR count). The molecular formula is C9H8Cl2O2S. The highest BCUT2D eigenvalue weighted by molar-refractivity contribution is 7.20. The summed E-state index contributed by atoms with van der Waals surface area (Å²) in [7, 11) is 0. The van der Waals surface area contributed by atoms with Gasteiger partial charge in [-0.1, -0.05) is 23.2 Å². The summed E-state index contributed by atoms with van der Waals surface area (Å²) in [5.74, 6) is -0.202. The van der Waals surface area contributed by atoms with Gasteiger partial charge in [0.15, 0.2) is 5.78 Å². The van der Waals surface area contributed by atoms with E-state index in [9.17, 15) is 4.79 Å². The second kappa shape index (κ2) is 5.39. The van der Waals surface area contributed by atoms with Gasteiger partial charge in [-0.15, -0.1) is 11.3 Å². The molecule has 0 spiro atoms. The van der Waals surface area contributed by atoms with Crippen molar-refractivity contribution >= 4 is 40.3 Å². The number of hydrogen-bond donors (Lipinski definition) is 0. The number of carbonyl (C=O) groups excluding carboxylic acids is 1. The normalized spacial score (nSPS) is 10.8. The zero-order valence-corrected chi connectivity index (χ0v) is 9.75. The van der Waals surface area contributed by atoms with Crippen molar-refractivity contribution in [3.05, 3.63) is 32.6 Å². The summed E-state index contributed by atoms with van der Waals surface area (Å²) in [4.78, 5) is 11.5. The average molecular weight is 251 g/mol. The van der Waals surface area contributed by atoms with Crippen molar-refractivity contribution in [3.63, 3.8) is 0 Å². The van der Waals surface area contributed by atoms with E-state index in [-0.39, 0.29) is 5.78 Å². The number of ketones is 1. The van der Waals surface area contributed by atoms with Crippen LogP contribution in [0.25, 0.3) is 0 Å². The Bertz CT molecular complexity index is 358. The Labute approximate surface area is 96.1 Å². The lowest BCUT2D eigenvalue weighted by molar-refractivity contribution is 0.104. The summed E-state index contributed by atoms with van der Waals surface area (Å²) in [5, 5.41) is 0. The molecule has 5 heteroatoms. The summed E-state index contributed by atoms with van der Waals surface area (Å²) in [6.45, 7) is 2.37. The van der Waals surface area contributed by atoms with Crippen LogP contribution in [0.15, 0.2) is 18.4 Å². The van der Waals surface area contributed by atoms with Gasteiger partial charge in [0.05, 0.1) is 22.8 Å². The van der Waals surface area contributed by atoms with E-state index in [1.54, 1.807) is 6.07 Å². The lowest BCUT2D eigenvalue weighted by Gasteiger charge is -1.92. The third-order valence-corrected chi connectivity index (χ3v) is 2.89. The molecule has 0 saturated heterocycles. The predicted molar refractivity (Wildman–Crippen MR) is 59.4 cm³/mol. The van der Waals surface area contributed by atoms with Gasteiger partial charge in [0, 0.05) is 6.08 Å². The van der Waals surface area contributed by atoms with Gasteiger partial charge in [-0.05, 0) is 13.0 Å². The van der Waals surface area contributed by atoms with Gasteiger partial charge in [0.2, 0.25) is 0 Å². The first-order valence-electron chi connectivity index (χ1n) is 3.92. The van der Waals surface area contributed by atoms with Crippen molar-refractivity contribution in [2.75, 3.05) is 6.61 Å². The Kier molecular flexibility index (Phi) is 4.45. The van der Waals surface area contributed by atoms with Crippen LogP contribution in [0.4, 0.5) is 0 Å². The van der Waals surface area contributed by atoms with E-state index in [1.807, 2.05) is 6.92 Å². The van der Waals surface area contributed by atoms with Crippen LogP contribution in [0.2, 0.25) is 8.67 Å². The minimum atomic E-state index is -0.202. The van der Waals surface area contributed by atoms with E-state index in [2.05, 4.69) is 0 Å². The lowest BCUT2D eigenvalue weighted by Crippen LogP contribution is -1.92. The van der Waals surface area contributed by atoms with Gasteiger partial charge in [0.25, 0.3) is 0 Å². The molecule has 0 saturated carbocycles. The maximum absolute atomic E-state index is 11.5. The number of halogens is 2. The van der Waals surface area contributed by atoms with Crippen molar-refractivity contribution in [3.8, 4) is 0 Å². The van der Waals surface area contributed by atoms with Gasteiger partial charge < -0.3 is 4.74 Å². The molecule has 14 heavy (non-hydrogen) atoms. The highest BCUT2D eigenvalue weighted by atomic mass is 35.5. The molecule has 0 N–H and O–H groups in total. The van der Waals surface area contributed by atoms with Crippen LogP contribution in [0.5, 0.6) is 0 Å². The molecule has 1 aromatic rings. The first-order chi connectivity index (χ1) is 6.65. The standard InChI is InChI=1S/C9H8Cl2O2S/c1-2-13-4-3-7(12)6-5-8(10)14-9(6)11/h3-5H,2H2,1H3/b4-3+. The van der Waals surface area contributed by atoms with Crippen molar-refractivity contribution in [1.82, 2.24) is 0 Å². The number of thiophene rings is 1. The van der Waals surface area contributed by atoms with Crippen LogP contribution >= 0.6 is 34.5 Å². The minimum absolute atomic E-state index is 0.202. The fourth-order valence-corrected chi connectivity index (χ4v) is 2.28. The highest BCUT2D eigenvalue weighted by Crippen LogP contribution is 2.31. The number of ether oxygens (including phenoxy) is 1. The molecule has 0 amide bonds. The van der Waals surface area contributed by atoms with E-state index in [4.69, 9.17) is 27.9 Å². The summed E-state index contributed by atoms with van der Waals surface area (Å²) in [5.41, 5.74) is 0.414. The van der Waals surface area contributed by atoms with Crippen LogP contribution < -0.4 is 0 Å². The fourth-order valence-electron chi connectivity index (χ4n) is 0.804. The van der Waals surface area contributed by atoms with Crippen molar-refractivity contribution in [2.24, 2.45) is 0 Å². The van der Waals surface area contributed by atoms with E-state index >= 15 is 0 Å². The van der Waals surface area contributed by atoms with Gasteiger partial charge in [0.1, 0.15) is 4.34 Å². The van der Waals surface area contributed by atoms with E-state index in [0.29, 0.717) is 20.8 Å². The average Bonchev–Trinajstić information content (AvgIpc) is 2.45. The second-order valence-corrected chi connectivity index (χ2v) is 4.65. The Hall–Kier alpha value is -0.510. The third kappa shape index (κ3) is 3.01. The molecule has 0 bridgehead atoms. The molecule has 0 atom stereocenters. The van der Waals surface area contributed by atoms with Gasteiger partial charge >= 0.3 is 0 Å². The Morgan fingerprint density at radius 2 is 2.36 bits per heavy atom. The zero-order chi connectivity index (χ0) is 10.6. The molecule has 1 aromatic heterocycles. The molecule has 76 valence electrons. The van der Waals surface area contributed by atoms with Crippen LogP contribution in [0, 0.1) is 0 Å². The maximum Gasteiger partial charge on any atom is 0.191 e. The minimum Gasteiger partial charge on any atom is -0.501 e. The summed E-state index contributed by atoms with van der Waals surface area (Å²) in [6.07, 6.45) is 2.68. The van der Waals surface area contributed by atoms with Crippen LogP contribution in [-0.2, 0) is 4.74 Å². The van der Waals surface area contributed by atoms with E-state index < -0.39 is 0 Å². The zero-order valence-electron chi connectivity index (χ0n) is 7.42. The monoisotopic (exact) mass is 250 g/mol. The molecular weight excluding hydrogens is 243 g/mol. The number of allylic oxidation sites excluding steroid dienone is 1. The molecule has 0 aromatic carbocycles. The van der Waals surface area contributed by atoms with Crippen LogP contribution in [0.1, 0.15) is 17.3 Å². The molecule has 0 radical (unpaired) electrons. The summed E-state index contributed by atoms with van der Waals surface area (Å²) < 4.78 is 5.81. The molecule has 0 unspecified atom stereocenters. The van der Waals surface area contributed by atoms with Crippen molar-refractivity contribution < 1.29 is 9.53 Å². The largest absolute Gasteiger partial charge is 0.501 e. The highest BCUT2D eigenvalue weighted by Gasteiger charge is 2.11. The van der Waals surface area contributed by atoms with E-state index in [0.717, 1.165) is 0 Å². The second-order valence-electron chi connectivity index (χ2n) is 2.36. The Morgan fingerprint density at radius 1 is 1.64 bits per heavy atom. The molecule has 0 fully saturated rings. The predicted octanol–water partition coefficient (Wildman–Crippen LogP) is 3.79. The Balaban J connectivity index is 2.74. The van der Waals surface area contributed by atoms with Crippen LogP contribution in [0.3, 0.4) is 0 Å². The molecule has 0 aliphatic carbocycles. The summed E-state index contributed by atoms with van der Waals surface area (Å²) in [6, 6.07) is 1.55. The third-order valence-electron chi connectivity index (χ3n) is 1.40. The fraction of sp³-hybridized carbons (Fsp3) is 0.222. The molecule has 2 nitrogen and oxygen atoms in total. The van der Waals surface area contributed by atoms with Crippen molar-refractivity contribution in [2.45, 2.75) is 6.92 Å². The maximum atomic E-state index is 11.5. The molecule has 0 aliphatic rings. The number of carbonyl (C=O) groups is 1.